The lowest BCUT2D eigenvalue weighted by atomic mass is 9.94. The van der Waals surface area contributed by atoms with Gasteiger partial charge < -0.3 is 4.74 Å². The molecule has 1 aliphatic rings. The Labute approximate surface area is 113 Å². The molecule has 96 valence electrons. The van der Waals surface area contributed by atoms with Crippen molar-refractivity contribution in [2.24, 2.45) is 0 Å². The lowest BCUT2D eigenvalue weighted by Gasteiger charge is -2.21. The minimum Gasteiger partial charge on any atom is -0.447 e. The Balaban J connectivity index is 2.24. The van der Waals surface area contributed by atoms with Gasteiger partial charge in [-0.25, -0.2) is 4.79 Å². The number of halogens is 1. The van der Waals surface area contributed by atoms with Crippen LogP contribution in [0, 0.1) is 0 Å². The zero-order valence-corrected chi connectivity index (χ0v) is 11.5. The van der Waals surface area contributed by atoms with Gasteiger partial charge >= 0.3 is 5.97 Å². The summed E-state index contributed by atoms with van der Waals surface area (Å²) in [5.74, 6) is -0.194. The number of unbranched alkanes of at least 4 members (excludes halogenated alkanes) is 1. The van der Waals surface area contributed by atoms with Crippen molar-refractivity contribution in [1.29, 1.82) is 0 Å². The normalized spacial score (nSPS) is 22.8. The van der Waals surface area contributed by atoms with Crippen LogP contribution >= 0.6 is 11.6 Å². The van der Waals surface area contributed by atoms with Crippen molar-refractivity contribution >= 4 is 17.6 Å². The van der Waals surface area contributed by atoms with Crippen molar-refractivity contribution in [3.63, 3.8) is 0 Å². The first-order valence-electron chi connectivity index (χ1n) is 6.26. The van der Waals surface area contributed by atoms with E-state index in [0.29, 0.717) is 5.02 Å². The van der Waals surface area contributed by atoms with Gasteiger partial charge in [-0.05, 0) is 43.5 Å². The van der Waals surface area contributed by atoms with Crippen molar-refractivity contribution in [3.05, 3.63) is 46.5 Å². The minimum absolute atomic E-state index is 0.194. The Kier molecular flexibility index (Phi) is 3.76. The highest BCUT2D eigenvalue weighted by Crippen LogP contribution is 2.36. The Bertz CT molecular complexity index is 476. The number of hydrogen-bond donors (Lipinski definition) is 0. The number of carbonyl (C=O) groups is 1. The summed E-state index contributed by atoms with van der Waals surface area (Å²) in [7, 11) is 0. The Morgan fingerprint density at radius 1 is 1.28 bits per heavy atom. The molecular weight excluding hydrogens is 248 g/mol. The molecule has 0 saturated carbocycles. The Morgan fingerprint density at radius 2 is 1.94 bits per heavy atom. The van der Waals surface area contributed by atoms with E-state index in [-0.39, 0.29) is 5.97 Å². The third kappa shape index (κ3) is 2.59. The van der Waals surface area contributed by atoms with Crippen molar-refractivity contribution in [2.75, 3.05) is 0 Å². The second-order valence-corrected chi connectivity index (χ2v) is 5.21. The zero-order chi connectivity index (χ0) is 13.2. The third-order valence-corrected chi connectivity index (χ3v) is 3.49. The van der Waals surface area contributed by atoms with Gasteiger partial charge in [0.05, 0.1) is 0 Å². The number of cyclic esters (lactones) is 1. The van der Waals surface area contributed by atoms with Crippen LogP contribution in [-0.4, -0.2) is 5.97 Å². The molecule has 0 bridgehead atoms. The summed E-state index contributed by atoms with van der Waals surface area (Å²) in [5, 5.41) is 0.682. The van der Waals surface area contributed by atoms with Gasteiger partial charge in [0.15, 0.2) is 5.60 Å². The molecule has 0 aromatic heterocycles. The summed E-state index contributed by atoms with van der Waals surface area (Å²) in [6.07, 6.45) is 4.81. The first-order valence-corrected chi connectivity index (χ1v) is 6.64. The Hall–Kier alpha value is -1.28. The largest absolute Gasteiger partial charge is 0.447 e. The monoisotopic (exact) mass is 264 g/mol. The van der Waals surface area contributed by atoms with E-state index in [2.05, 4.69) is 6.92 Å². The van der Waals surface area contributed by atoms with Gasteiger partial charge in [0.1, 0.15) is 0 Å². The molecule has 0 radical (unpaired) electrons. The second kappa shape index (κ2) is 5.15. The minimum atomic E-state index is -0.648. The summed E-state index contributed by atoms with van der Waals surface area (Å²) >= 11 is 5.87. The van der Waals surface area contributed by atoms with Crippen LogP contribution in [0.15, 0.2) is 35.9 Å². The maximum atomic E-state index is 11.8. The summed E-state index contributed by atoms with van der Waals surface area (Å²) in [4.78, 5) is 11.8. The summed E-state index contributed by atoms with van der Waals surface area (Å²) in [6, 6.07) is 7.42. The van der Waals surface area contributed by atoms with Crippen LogP contribution in [0.25, 0.3) is 0 Å². The van der Waals surface area contributed by atoms with E-state index in [4.69, 9.17) is 16.3 Å². The highest BCUT2D eigenvalue weighted by molar-refractivity contribution is 6.30. The van der Waals surface area contributed by atoms with Gasteiger partial charge in [-0.1, -0.05) is 37.1 Å². The van der Waals surface area contributed by atoms with E-state index >= 15 is 0 Å². The lowest BCUT2D eigenvalue weighted by Crippen LogP contribution is -2.20. The fourth-order valence-electron chi connectivity index (χ4n) is 2.14. The molecule has 0 saturated heterocycles. The average Bonchev–Trinajstić information content (AvgIpc) is 2.63. The van der Waals surface area contributed by atoms with E-state index in [1.807, 2.05) is 37.3 Å². The van der Waals surface area contributed by atoms with Gasteiger partial charge in [0.2, 0.25) is 0 Å². The number of benzene rings is 1. The highest BCUT2D eigenvalue weighted by atomic mass is 35.5. The third-order valence-electron chi connectivity index (χ3n) is 3.23. The van der Waals surface area contributed by atoms with Crippen LogP contribution in [0.3, 0.4) is 0 Å². The predicted octanol–water partition coefficient (Wildman–Crippen LogP) is 4.23. The molecule has 1 atom stereocenters. The SMILES string of the molecule is CCCCC1=C[C@](C)(c2ccc(Cl)cc2)OC1=O. The number of rotatable bonds is 4. The van der Waals surface area contributed by atoms with Crippen LogP contribution in [0.2, 0.25) is 5.02 Å². The molecule has 1 aliphatic heterocycles. The van der Waals surface area contributed by atoms with E-state index in [1.165, 1.54) is 0 Å². The molecule has 3 heteroatoms. The molecule has 0 fully saturated rings. The van der Waals surface area contributed by atoms with Crippen LogP contribution in [0.5, 0.6) is 0 Å². The topological polar surface area (TPSA) is 26.3 Å². The van der Waals surface area contributed by atoms with E-state index < -0.39 is 5.60 Å². The Morgan fingerprint density at radius 3 is 2.56 bits per heavy atom. The number of ether oxygens (including phenoxy) is 1. The van der Waals surface area contributed by atoms with Crippen LogP contribution in [0.4, 0.5) is 0 Å². The van der Waals surface area contributed by atoms with Gasteiger partial charge in [0.25, 0.3) is 0 Å². The quantitative estimate of drug-likeness (QED) is 0.761. The lowest BCUT2D eigenvalue weighted by molar-refractivity contribution is -0.146. The molecule has 1 aromatic rings. The molecule has 0 unspecified atom stereocenters. The highest BCUT2D eigenvalue weighted by Gasteiger charge is 2.36. The second-order valence-electron chi connectivity index (χ2n) is 4.78. The molecule has 1 heterocycles. The first kappa shape index (κ1) is 13.2. The van der Waals surface area contributed by atoms with Crippen molar-refractivity contribution in [3.8, 4) is 0 Å². The van der Waals surface area contributed by atoms with Crippen LogP contribution in [0.1, 0.15) is 38.7 Å². The van der Waals surface area contributed by atoms with Gasteiger partial charge in [-0.15, -0.1) is 0 Å². The van der Waals surface area contributed by atoms with Crippen molar-refractivity contribution in [2.45, 2.75) is 38.7 Å². The molecule has 2 rings (SSSR count). The maximum absolute atomic E-state index is 11.8. The van der Waals surface area contributed by atoms with E-state index in [1.54, 1.807) is 0 Å². The van der Waals surface area contributed by atoms with Crippen LogP contribution in [-0.2, 0) is 15.1 Å². The molecule has 0 N–H and O–H groups in total. The van der Waals surface area contributed by atoms with Crippen LogP contribution < -0.4 is 0 Å². The summed E-state index contributed by atoms with van der Waals surface area (Å²) in [5.41, 5.74) is 1.09. The predicted molar refractivity (Wildman–Crippen MR) is 72.5 cm³/mol. The fraction of sp³-hybridized carbons (Fsp3) is 0.400. The zero-order valence-electron chi connectivity index (χ0n) is 10.7. The maximum Gasteiger partial charge on any atom is 0.335 e. The molecule has 1 aromatic carbocycles. The van der Waals surface area contributed by atoms with Crippen molar-refractivity contribution in [1.82, 2.24) is 0 Å². The standard InChI is InChI=1S/C15H17ClO2/c1-3-4-5-11-10-15(2,18-14(11)17)12-6-8-13(16)9-7-12/h6-10H,3-5H2,1-2H3/t15-/m1/s1. The molecule has 0 spiro atoms. The summed E-state index contributed by atoms with van der Waals surface area (Å²) in [6.45, 7) is 4.02. The molecule has 0 amide bonds. The van der Waals surface area contributed by atoms with Gasteiger partial charge in [0, 0.05) is 10.6 Å². The number of esters is 1. The van der Waals surface area contributed by atoms with Gasteiger partial charge in [-0.2, -0.15) is 0 Å². The average molecular weight is 265 g/mol. The first-order chi connectivity index (χ1) is 8.55. The molecule has 2 nitrogen and oxygen atoms in total. The summed E-state index contributed by atoms with van der Waals surface area (Å²) < 4.78 is 5.51. The smallest absolute Gasteiger partial charge is 0.335 e. The molecular formula is C15H17ClO2. The van der Waals surface area contributed by atoms with Gasteiger partial charge in [-0.3, -0.25) is 0 Å². The van der Waals surface area contributed by atoms with E-state index in [0.717, 1.165) is 30.4 Å². The molecule has 18 heavy (non-hydrogen) atoms. The number of carbonyl (C=O) groups excluding carboxylic acids is 1. The van der Waals surface area contributed by atoms with Crippen molar-refractivity contribution < 1.29 is 9.53 Å². The number of hydrogen-bond acceptors (Lipinski definition) is 2. The molecule has 0 aliphatic carbocycles. The van der Waals surface area contributed by atoms with E-state index in [9.17, 15) is 4.79 Å². The fourth-order valence-corrected chi connectivity index (χ4v) is 2.27.